The monoisotopic (exact) mass is 305 g/mol. The zero-order valence-electron chi connectivity index (χ0n) is 12.9. The van der Waals surface area contributed by atoms with Crippen LogP contribution in [0.1, 0.15) is 24.0 Å². The zero-order valence-corrected chi connectivity index (χ0v) is 12.9. The second kappa shape index (κ2) is 7.49. The molecule has 23 heavy (non-hydrogen) atoms. The number of nitrogens with zero attached hydrogens (tertiary/aromatic N) is 2. The third kappa shape index (κ3) is 4.36. The van der Waals surface area contributed by atoms with Crippen LogP contribution in [0.2, 0.25) is 0 Å². The summed E-state index contributed by atoms with van der Waals surface area (Å²) in [6.45, 7) is 0. The topological polar surface area (TPSA) is 58.6 Å². The molecule has 0 radical (unpaired) electrons. The number of ketones is 1. The van der Waals surface area contributed by atoms with Gasteiger partial charge in [-0.05, 0) is 35.6 Å². The number of aryl methyl sites for hydroxylation is 1. The molecule has 0 aliphatic heterocycles. The molecule has 0 saturated heterocycles. The van der Waals surface area contributed by atoms with E-state index in [1.807, 2.05) is 24.5 Å². The molecule has 1 aromatic carbocycles. The summed E-state index contributed by atoms with van der Waals surface area (Å²) in [5, 5.41) is 6.77. The summed E-state index contributed by atoms with van der Waals surface area (Å²) in [5.41, 5.74) is 4.48. The highest BCUT2D eigenvalue weighted by atomic mass is 16.1. The maximum absolute atomic E-state index is 12.0. The molecule has 116 valence electrons. The Hall–Kier alpha value is -2.75. The highest BCUT2D eigenvalue weighted by molar-refractivity contribution is 5.80. The number of hydrogen-bond donors (Lipinski definition) is 1. The summed E-state index contributed by atoms with van der Waals surface area (Å²) < 4.78 is 0. The van der Waals surface area contributed by atoms with Crippen molar-refractivity contribution in [3.05, 3.63) is 72.3 Å². The first kappa shape index (κ1) is 15.2. The molecule has 0 aliphatic carbocycles. The molecule has 3 aromatic rings. The molecule has 0 spiro atoms. The molecule has 4 heteroatoms. The van der Waals surface area contributed by atoms with E-state index in [0.29, 0.717) is 12.8 Å². The Bertz CT molecular complexity index is 734. The Morgan fingerprint density at radius 2 is 1.87 bits per heavy atom. The van der Waals surface area contributed by atoms with E-state index in [1.165, 1.54) is 5.56 Å². The van der Waals surface area contributed by atoms with E-state index in [-0.39, 0.29) is 5.78 Å². The molecule has 1 N–H and O–H groups in total. The highest BCUT2D eigenvalue weighted by Gasteiger charge is 2.05. The number of carbonyl (C=O) groups excluding carboxylic acids is 1. The second-order valence-electron chi connectivity index (χ2n) is 5.61. The lowest BCUT2D eigenvalue weighted by Gasteiger charge is -2.04. The molecule has 0 unspecified atom stereocenters. The maximum atomic E-state index is 12.0. The van der Waals surface area contributed by atoms with Crippen LogP contribution in [0.25, 0.3) is 11.1 Å². The number of nitrogens with one attached hydrogen (secondary N) is 1. The lowest BCUT2D eigenvalue weighted by molar-refractivity contribution is -0.118. The molecule has 0 amide bonds. The molecule has 2 heterocycles. The molecule has 0 fully saturated rings. The SMILES string of the molecule is O=C(CCCc1ccc(-c2cn[nH]c2)cc1)Cc1cccnc1. The lowest BCUT2D eigenvalue weighted by Crippen LogP contribution is -2.03. The second-order valence-corrected chi connectivity index (χ2v) is 5.61. The number of hydrogen-bond acceptors (Lipinski definition) is 3. The third-order valence-electron chi connectivity index (χ3n) is 3.83. The van der Waals surface area contributed by atoms with Crippen molar-refractivity contribution in [3.8, 4) is 11.1 Å². The van der Waals surface area contributed by atoms with Gasteiger partial charge in [0.25, 0.3) is 0 Å². The van der Waals surface area contributed by atoms with E-state index in [1.54, 1.807) is 12.4 Å². The number of aromatic amines is 1. The van der Waals surface area contributed by atoms with Gasteiger partial charge in [0, 0.05) is 37.0 Å². The number of carbonyl (C=O) groups is 1. The van der Waals surface area contributed by atoms with Gasteiger partial charge in [-0.25, -0.2) is 0 Å². The number of benzene rings is 1. The van der Waals surface area contributed by atoms with Crippen molar-refractivity contribution in [1.29, 1.82) is 0 Å². The van der Waals surface area contributed by atoms with E-state index in [4.69, 9.17) is 0 Å². The quantitative estimate of drug-likeness (QED) is 0.725. The van der Waals surface area contributed by atoms with Crippen molar-refractivity contribution < 1.29 is 4.79 Å². The Morgan fingerprint density at radius 3 is 2.57 bits per heavy atom. The minimum atomic E-state index is 0.271. The van der Waals surface area contributed by atoms with Crippen molar-refractivity contribution in [2.75, 3.05) is 0 Å². The smallest absolute Gasteiger partial charge is 0.137 e. The van der Waals surface area contributed by atoms with E-state index in [0.717, 1.165) is 29.5 Å². The minimum Gasteiger partial charge on any atom is -0.299 e. The molecule has 3 rings (SSSR count). The van der Waals surface area contributed by atoms with Crippen molar-refractivity contribution in [2.24, 2.45) is 0 Å². The minimum absolute atomic E-state index is 0.271. The average molecular weight is 305 g/mol. The fraction of sp³-hybridized carbons (Fsp3) is 0.211. The molecule has 0 atom stereocenters. The third-order valence-corrected chi connectivity index (χ3v) is 3.83. The first-order chi connectivity index (χ1) is 11.3. The average Bonchev–Trinajstić information content (AvgIpc) is 3.11. The van der Waals surface area contributed by atoms with Crippen LogP contribution in [-0.2, 0) is 17.6 Å². The van der Waals surface area contributed by atoms with Crippen LogP contribution in [0.5, 0.6) is 0 Å². The van der Waals surface area contributed by atoms with Crippen LogP contribution >= 0.6 is 0 Å². The summed E-state index contributed by atoms with van der Waals surface area (Å²) in [4.78, 5) is 16.0. The van der Waals surface area contributed by atoms with Crippen molar-refractivity contribution >= 4 is 5.78 Å². The molecule has 0 bridgehead atoms. The van der Waals surface area contributed by atoms with Crippen LogP contribution in [-0.4, -0.2) is 21.0 Å². The van der Waals surface area contributed by atoms with E-state index < -0.39 is 0 Å². The molecular weight excluding hydrogens is 286 g/mol. The number of rotatable bonds is 7. The fourth-order valence-electron chi connectivity index (χ4n) is 2.58. The highest BCUT2D eigenvalue weighted by Crippen LogP contribution is 2.18. The fourth-order valence-corrected chi connectivity index (χ4v) is 2.58. The van der Waals surface area contributed by atoms with Gasteiger partial charge in [-0.1, -0.05) is 30.3 Å². The molecule has 0 saturated carbocycles. The summed E-state index contributed by atoms with van der Waals surface area (Å²) in [6.07, 6.45) is 10.1. The lowest BCUT2D eigenvalue weighted by atomic mass is 10.0. The van der Waals surface area contributed by atoms with Crippen molar-refractivity contribution in [3.63, 3.8) is 0 Å². The molecule has 4 nitrogen and oxygen atoms in total. The number of pyridine rings is 1. The van der Waals surface area contributed by atoms with E-state index in [2.05, 4.69) is 39.4 Å². The van der Waals surface area contributed by atoms with Gasteiger partial charge >= 0.3 is 0 Å². The predicted molar refractivity (Wildman–Crippen MR) is 89.9 cm³/mol. The van der Waals surface area contributed by atoms with Crippen molar-refractivity contribution in [2.45, 2.75) is 25.7 Å². The Balaban J connectivity index is 1.46. The van der Waals surface area contributed by atoms with Gasteiger partial charge in [0.1, 0.15) is 5.78 Å². The number of H-pyrrole nitrogens is 1. The van der Waals surface area contributed by atoms with Crippen LogP contribution in [0.15, 0.2) is 61.2 Å². The summed E-state index contributed by atoms with van der Waals surface area (Å²) >= 11 is 0. The Kier molecular flexibility index (Phi) is 4.94. The number of aromatic nitrogens is 3. The van der Waals surface area contributed by atoms with Gasteiger partial charge in [-0.3, -0.25) is 14.9 Å². The molecule has 0 aliphatic rings. The standard InChI is InChI=1S/C19H19N3O/c23-19(11-16-4-2-10-20-12-16)5-1-3-15-6-8-17(9-7-15)18-13-21-22-14-18/h2,4,6-10,12-14H,1,3,5,11H2,(H,21,22). The molecule has 2 aromatic heterocycles. The Labute approximate surface area is 135 Å². The van der Waals surface area contributed by atoms with Crippen LogP contribution in [0.4, 0.5) is 0 Å². The summed E-state index contributed by atoms with van der Waals surface area (Å²) in [5.74, 6) is 0.271. The Morgan fingerprint density at radius 1 is 1.00 bits per heavy atom. The van der Waals surface area contributed by atoms with Gasteiger partial charge in [0.2, 0.25) is 0 Å². The van der Waals surface area contributed by atoms with Gasteiger partial charge in [-0.2, -0.15) is 5.10 Å². The maximum Gasteiger partial charge on any atom is 0.137 e. The van der Waals surface area contributed by atoms with Crippen LogP contribution < -0.4 is 0 Å². The van der Waals surface area contributed by atoms with Gasteiger partial charge in [0.15, 0.2) is 0 Å². The van der Waals surface area contributed by atoms with Crippen LogP contribution in [0.3, 0.4) is 0 Å². The largest absolute Gasteiger partial charge is 0.299 e. The summed E-state index contributed by atoms with van der Waals surface area (Å²) in [7, 11) is 0. The van der Waals surface area contributed by atoms with Gasteiger partial charge in [-0.15, -0.1) is 0 Å². The van der Waals surface area contributed by atoms with Gasteiger partial charge < -0.3 is 0 Å². The first-order valence-corrected chi connectivity index (χ1v) is 7.80. The van der Waals surface area contributed by atoms with Gasteiger partial charge in [0.05, 0.1) is 6.20 Å². The molecular formula is C19H19N3O. The van der Waals surface area contributed by atoms with E-state index in [9.17, 15) is 4.79 Å². The van der Waals surface area contributed by atoms with Crippen LogP contribution in [0, 0.1) is 0 Å². The summed E-state index contributed by atoms with van der Waals surface area (Å²) in [6, 6.07) is 12.2. The zero-order chi connectivity index (χ0) is 15.9. The van der Waals surface area contributed by atoms with E-state index >= 15 is 0 Å². The first-order valence-electron chi connectivity index (χ1n) is 7.80. The predicted octanol–water partition coefficient (Wildman–Crippen LogP) is 3.61. The number of Topliss-reactive ketones (excluding diaryl/α,β-unsaturated/α-hetero) is 1. The van der Waals surface area contributed by atoms with Crippen molar-refractivity contribution in [1.82, 2.24) is 15.2 Å². The normalized spacial score (nSPS) is 10.6.